The topological polar surface area (TPSA) is 334 Å². The number of methoxy groups -OCH3 is 1. The fourth-order valence-electron chi connectivity index (χ4n) is 11.2. The lowest BCUT2D eigenvalue weighted by molar-refractivity contribution is -0.197. The molecule has 0 bridgehead atoms. The fraction of sp³-hybridized carbons (Fsp3) is 0.579. The van der Waals surface area contributed by atoms with Crippen LogP contribution in [0.3, 0.4) is 0 Å². The number of carbonyl (C=O) groups excluding carboxylic acids is 12. The van der Waals surface area contributed by atoms with E-state index >= 15 is 0 Å². The van der Waals surface area contributed by atoms with Crippen LogP contribution in [-0.4, -0.2) is 184 Å². The predicted molar refractivity (Wildman–Crippen MR) is 376 cm³/mol. The number of hydrogen-bond donors (Lipinski definition) is 3. The van der Waals surface area contributed by atoms with Gasteiger partial charge in [0.25, 0.3) is 11.8 Å². The molecule has 0 saturated carbocycles. The van der Waals surface area contributed by atoms with Crippen LogP contribution >= 0.6 is 11.6 Å². The highest BCUT2D eigenvalue weighted by Crippen LogP contribution is 2.45. The fourth-order valence-corrected chi connectivity index (χ4v) is 11.4. The summed E-state index contributed by atoms with van der Waals surface area (Å²) in [4.78, 5) is 165. The minimum atomic E-state index is -1.27. The molecule has 0 spiro atoms. The Morgan fingerprint density at radius 2 is 1.36 bits per heavy atom. The van der Waals surface area contributed by atoms with Gasteiger partial charge in [-0.25, -0.2) is 9.59 Å². The monoisotopic (exact) mass is 1460 g/mol. The lowest BCUT2D eigenvalue weighted by atomic mass is 9.88. The molecule has 3 N–H and O–H groups in total. The van der Waals surface area contributed by atoms with E-state index in [1.54, 1.807) is 78.1 Å². The molecule has 3 heterocycles. The number of rotatable bonds is 39. The molecule has 0 aromatic heterocycles. The zero-order chi connectivity index (χ0) is 75.3. The van der Waals surface area contributed by atoms with Gasteiger partial charge in [0.2, 0.25) is 23.6 Å². The second-order valence-corrected chi connectivity index (χ2v) is 28.1. The van der Waals surface area contributed by atoms with E-state index in [-0.39, 0.29) is 146 Å². The molecule has 103 heavy (non-hydrogen) atoms. The SMILES string of the molecule is COCCOCCOCCOCCC(=O)N(CCC(=O)C[C@H](C(=O)N[C@@H](C)C(=O)Cc1ccc(COC(=O)CCc2ccc([C@H]3O[C@@H]3[C@@H](C)[C@@H]3C/C=C/C(=O)N[C@H](Cc4ccc(C)c(Cl)c4)C(=O)NCC(C)(C)C(=O)O[C@@H](CC(C)C)C(=O)O3)cc2)cc1)C(C)C)CCC(=O)ON1C(=O)CCC1=O. The molecule has 8 atom stereocenters. The number of hydrogen-bond acceptors (Lipinski definition) is 21. The molecule has 3 aromatic rings. The van der Waals surface area contributed by atoms with Crippen LogP contribution in [0.5, 0.6) is 0 Å². The number of ketones is 2. The average molecular weight is 1460 g/mol. The Labute approximate surface area is 607 Å². The molecule has 6 amide bonds. The van der Waals surface area contributed by atoms with E-state index in [2.05, 4.69) is 16.0 Å². The lowest BCUT2D eigenvalue weighted by Gasteiger charge is -2.29. The number of cyclic esters (lactones) is 2. The summed E-state index contributed by atoms with van der Waals surface area (Å²) in [6.07, 6.45) is -0.0872. The third-order valence-corrected chi connectivity index (χ3v) is 18.3. The maximum absolute atomic E-state index is 14.0. The Kier molecular flexibility index (Phi) is 34.0. The third kappa shape index (κ3) is 28.4. The molecule has 3 aliphatic heterocycles. The van der Waals surface area contributed by atoms with Crippen molar-refractivity contribution in [3.05, 3.63) is 117 Å². The summed E-state index contributed by atoms with van der Waals surface area (Å²) in [5.41, 5.74) is 3.38. The van der Waals surface area contributed by atoms with Crippen LogP contribution in [-0.2, 0) is 126 Å². The van der Waals surface area contributed by atoms with Crippen molar-refractivity contribution in [1.82, 2.24) is 25.9 Å². The van der Waals surface area contributed by atoms with E-state index in [0.717, 1.165) is 16.7 Å². The number of nitrogens with one attached hydrogen (secondary N) is 3. The summed E-state index contributed by atoms with van der Waals surface area (Å²) in [5, 5.41) is 9.27. The molecule has 2 fully saturated rings. The van der Waals surface area contributed by atoms with E-state index in [1.807, 2.05) is 64.1 Å². The first kappa shape index (κ1) is 83.7. The number of halogens is 1. The minimum absolute atomic E-state index is 0.00939. The third-order valence-electron chi connectivity index (χ3n) is 17.9. The van der Waals surface area contributed by atoms with Gasteiger partial charge in [-0.2, -0.15) is 0 Å². The van der Waals surface area contributed by atoms with E-state index in [4.69, 9.17) is 54.3 Å². The van der Waals surface area contributed by atoms with Gasteiger partial charge in [0, 0.05) is 95.0 Å². The zero-order valence-corrected chi connectivity index (χ0v) is 61.6. The van der Waals surface area contributed by atoms with Crippen LogP contribution in [0, 0.1) is 36.0 Å². The lowest BCUT2D eigenvalue weighted by Crippen LogP contribution is -2.51. The van der Waals surface area contributed by atoms with Crippen molar-refractivity contribution in [1.29, 1.82) is 0 Å². The second-order valence-electron chi connectivity index (χ2n) is 27.7. The van der Waals surface area contributed by atoms with E-state index in [1.165, 1.54) is 11.0 Å². The molecular weight excluding hydrogens is 1350 g/mol. The quantitative estimate of drug-likeness (QED) is 0.0166. The van der Waals surface area contributed by atoms with E-state index < -0.39 is 107 Å². The molecule has 3 aliphatic rings. The number of carbonyl (C=O) groups is 12. The van der Waals surface area contributed by atoms with Gasteiger partial charge in [-0.05, 0) is 97.9 Å². The van der Waals surface area contributed by atoms with Crippen LogP contribution < -0.4 is 16.0 Å². The van der Waals surface area contributed by atoms with Crippen molar-refractivity contribution in [3.63, 3.8) is 0 Å². The summed E-state index contributed by atoms with van der Waals surface area (Å²) >= 11 is 6.41. The molecule has 26 nitrogen and oxygen atoms in total. The van der Waals surface area contributed by atoms with Crippen LogP contribution in [0.2, 0.25) is 5.02 Å². The molecular formula is C76H102ClN5O21. The predicted octanol–water partition coefficient (Wildman–Crippen LogP) is 7.25. The zero-order valence-electron chi connectivity index (χ0n) is 60.9. The van der Waals surface area contributed by atoms with Gasteiger partial charge in [0.1, 0.15) is 30.6 Å². The highest BCUT2D eigenvalue weighted by atomic mass is 35.5. The van der Waals surface area contributed by atoms with E-state index in [0.29, 0.717) is 59.6 Å². The summed E-state index contributed by atoms with van der Waals surface area (Å²) in [6.45, 7) is 17.5. The second kappa shape index (κ2) is 41.9. The van der Waals surface area contributed by atoms with Crippen molar-refractivity contribution in [3.8, 4) is 0 Å². The van der Waals surface area contributed by atoms with Crippen molar-refractivity contribution in [2.75, 3.05) is 73.0 Å². The Hall–Kier alpha value is -8.27. The number of imide groups is 1. The number of amides is 6. The Bertz CT molecular complexity index is 3410. The van der Waals surface area contributed by atoms with Gasteiger partial charge in [-0.15, -0.1) is 5.06 Å². The van der Waals surface area contributed by atoms with Gasteiger partial charge >= 0.3 is 23.9 Å². The first-order chi connectivity index (χ1) is 49.0. The number of ether oxygens (including phenoxy) is 8. The Morgan fingerprint density at radius 3 is 2.00 bits per heavy atom. The van der Waals surface area contributed by atoms with Gasteiger partial charge in [-0.1, -0.05) is 113 Å². The summed E-state index contributed by atoms with van der Waals surface area (Å²) in [5.74, 6) is -8.32. The van der Waals surface area contributed by atoms with Crippen LogP contribution in [0.25, 0.3) is 0 Å². The molecule has 3 aromatic carbocycles. The van der Waals surface area contributed by atoms with Gasteiger partial charge < -0.3 is 63.6 Å². The van der Waals surface area contributed by atoms with Gasteiger partial charge in [0.15, 0.2) is 11.9 Å². The van der Waals surface area contributed by atoms with Crippen LogP contribution in [0.4, 0.5) is 0 Å². The Morgan fingerprint density at radius 1 is 0.738 bits per heavy atom. The number of aryl methyl sites for hydroxylation is 2. The van der Waals surface area contributed by atoms with Crippen molar-refractivity contribution < 1.29 is 100 Å². The summed E-state index contributed by atoms with van der Waals surface area (Å²) in [6, 6.07) is 18.0. The number of epoxide rings is 1. The normalized spacial score (nSPS) is 19.9. The maximum Gasteiger partial charge on any atom is 0.347 e. The van der Waals surface area contributed by atoms with Crippen molar-refractivity contribution in [2.45, 2.75) is 182 Å². The number of Topliss-reactive ketones (excluding diaryl/α,β-unsaturated/α-hetero) is 2. The summed E-state index contributed by atoms with van der Waals surface area (Å²) < 4.78 is 45.2. The highest BCUT2D eigenvalue weighted by molar-refractivity contribution is 6.31. The molecule has 564 valence electrons. The summed E-state index contributed by atoms with van der Waals surface area (Å²) in [7, 11) is 1.58. The largest absolute Gasteiger partial charge is 0.461 e. The molecule has 0 radical (unpaired) electrons. The molecule has 27 heteroatoms. The van der Waals surface area contributed by atoms with Crippen LogP contribution in [0.1, 0.15) is 153 Å². The first-order valence-corrected chi connectivity index (χ1v) is 35.7. The number of nitrogens with zero attached hydrogens (tertiary/aromatic N) is 2. The van der Waals surface area contributed by atoms with E-state index in [9.17, 15) is 57.5 Å². The molecule has 0 aliphatic carbocycles. The molecule has 2 saturated heterocycles. The smallest absolute Gasteiger partial charge is 0.347 e. The number of esters is 3. The Balaban J connectivity index is 0.946. The average Bonchev–Trinajstić information content (AvgIpc) is 1.63. The van der Waals surface area contributed by atoms with Crippen LogP contribution in [0.15, 0.2) is 78.9 Å². The standard InChI is InChI=1S/C76H102ClN5O21/c1-47(2)40-63-74(93)100-62(12-11-13-64(85)80-60(42-55-15-14-49(5)59(77)41-55)73(92)78-46-76(8,9)75(94)101-63)50(6)70-71(102-70)56-23-20-52(21-24-56)22-27-68(89)99-45-54-18-16-53(17-19-54)43-61(84)51(7)79-72(91)58(48(3)4)44-57(83)28-31-81(32-29-69(90)103-82-66(87)25-26-67(82)88)65(86)30-33-96-36-37-98-39-38-97-35-34-95-10/h11,13-21,23-24,41,47-48,50-51,58,60,62-63,70-71H,12,22,25-40,42-46H2,1-10H3,(H,78,92)(H,79,91)(H,80,85)/b13-11+/t50-,51-,58-,60+,62-,63-,70+,71+/m0/s1. The highest BCUT2D eigenvalue weighted by Gasteiger charge is 2.48. The maximum atomic E-state index is 14.0. The molecule has 0 unspecified atom stereocenters. The van der Waals surface area contributed by atoms with Gasteiger partial charge in [-0.3, -0.25) is 47.9 Å². The first-order valence-electron chi connectivity index (χ1n) is 35.3. The van der Waals surface area contributed by atoms with Crippen molar-refractivity contribution >= 4 is 82.5 Å². The number of hydroxylamine groups is 2. The number of benzene rings is 3. The van der Waals surface area contributed by atoms with Gasteiger partial charge in [0.05, 0.1) is 76.7 Å². The molecule has 6 rings (SSSR count). The van der Waals surface area contributed by atoms with Crippen molar-refractivity contribution in [2.24, 2.45) is 29.1 Å². The minimum Gasteiger partial charge on any atom is -0.461 e.